The lowest BCUT2D eigenvalue weighted by Crippen LogP contribution is -2.16. The number of rotatable bonds is 6. The first-order valence-corrected chi connectivity index (χ1v) is 20.7. The first-order valence-electron chi connectivity index (χ1n) is 20.7. The number of fused-ring (bicyclic) bond motifs is 9. The van der Waals surface area contributed by atoms with E-state index in [9.17, 15) is 0 Å². The lowest BCUT2D eigenvalue weighted by atomic mass is 9.82. The van der Waals surface area contributed by atoms with Crippen molar-refractivity contribution in [2.45, 2.75) is 19.3 Å². The van der Waals surface area contributed by atoms with E-state index in [2.05, 4.69) is 207 Å². The van der Waals surface area contributed by atoms with Crippen molar-refractivity contribution in [3.05, 3.63) is 211 Å². The van der Waals surface area contributed by atoms with Gasteiger partial charge in [-0.3, -0.25) is 0 Å². The number of nitrogens with zero attached hydrogens (tertiary/aromatic N) is 1. The van der Waals surface area contributed by atoms with Crippen LogP contribution in [-0.4, -0.2) is 0 Å². The summed E-state index contributed by atoms with van der Waals surface area (Å²) in [6.07, 6.45) is 0. The van der Waals surface area contributed by atoms with E-state index >= 15 is 0 Å². The van der Waals surface area contributed by atoms with E-state index in [-0.39, 0.29) is 5.41 Å². The van der Waals surface area contributed by atoms with Gasteiger partial charge < -0.3 is 13.7 Å². The van der Waals surface area contributed by atoms with Gasteiger partial charge in [-0.25, -0.2) is 0 Å². The van der Waals surface area contributed by atoms with Gasteiger partial charge in [0.2, 0.25) is 0 Å². The molecule has 9 aromatic carbocycles. The van der Waals surface area contributed by atoms with Gasteiger partial charge in [-0.15, -0.1) is 0 Å². The van der Waals surface area contributed by atoms with Crippen LogP contribution >= 0.6 is 0 Å². The third-order valence-corrected chi connectivity index (χ3v) is 12.7. The van der Waals surface area contributed by atoms with E-state index in [1.807, 2.05) is 12.1 Å². The molecule has 1 aliphatic rings. The summed E-state index contributed by atoms with van der Waals surface area (Å²) in [7, 11) is 0. The molecule has 0 aliphatic heterocycles. The van der Waals surface area contributed by atoms with Crippen molar-refractivity contribution in [2.75, 3.05) is 4.90 Å². The van der Waals surface area contributed by atoms with E-state index in [0.717, 1.165) is 72.1 Å². The van der Waals surface area contributed by atoms with E-state index in [4.69, 9.17) is 8.83 Å². The Morgan fingerprint density at radius 2 is 0.967 bits per heavy atom. The largest absolute Gasteiger partial charge is 0.456 e. The third-order valence-electron chi connectivity index (χ3n) is 12.7. The highest BCUT2D eigenvalue weighted by atomic mass is 16.3. The maximum absolute atomic E-state index is 7.33. The van der Waals surface area contributed by atoms with E-state index in [0.29, 0.717) is 0 Å². The van der Waals surface area contributed by atoms with Crippen molar-refractivity contribution in [1.29, 1.82) is 0 Å². The lowest BCUT2D eigenvalue weighted by molar-refractivity contribution is 0.660. The Labute approximate surface area is 348 Å². The van der Waals surface area contributed by atoms with Crippen LogP contribution in [-0.2, 0) is 5.41 Å². The van der Waals surface area contributed by atoms with Gasteiger partial charge in [0, 0.05) is 43.9 Å². The molecule has 284 valence electrons. The van der Waals surface area contributed by atoms with Gasteiger partial charge in [-0.2, -0.15) is 0 Å². The first-order chi connectivity index (χ1) is 29.5. The minimum atomic E-state index is -0.155. The molecule has 0 saturated carbocycles. The molecule has 0 amide bonds. The molecular formula is C57H39NO2. The predicted molar refractivity (Wildman–Crippen MR) is 250 cm³/mol. The predicted octanol–water partition coefficient (Wildman–Crippen LogP) is 16.3. The summed E-state index contributed by atoms with van der Waals surface area (Å²) in [6, 6.07) is 71.7. The molecule has 0 bridgehead atoms. The van der Waals surface area contributed by atoms with Crippen LogP contribution in [0.4, 0.5) is 17.1 Å². The number of para-hydroxylation sites is 2. The second kappa shape index (κ2) is 13.2. The van der Waals surface area contributed by atoms with Crippen molar-refractivity contribution in [2.24, 2.45) is 0 Å². The molecule has 3 nitrogen and oxygen atoms in total. The van der Waals surface area contributed by atoms with Crippen molar-refractivity contribution >= 4 is 60.9 Å². The summed E-state index contributed by atoms with van der Waals surface area (Å²) in [4.78, 5) is 2.37. The molecule has 0 saturated heterocycles. The number of hydrogen-bond acceptors (Lipinski definition) is 3. The Morgan fingerprint density at radius 3 is 1.72 bits per heavy atom. The van der Waals surface area contributed by atoms with Gasteiger partial charge in [0.15, 0.2) is 5.58 Å². The monoisotopic (exact) mass is 769 g/mol. The molecule has 0 atom stereocenters. The van der Waals surface area contributed by atoms with Crippen LogP contribution in [0.5, 0.6) is 0 Å². The lowest BCUT2D eigenvalue weighted by Gasteiger charge is -2.28. The Morgan fingerprint density at radius 1 is 0.383 bits per heavy atom. The van der Waals surface area contributed by atoms with Crippen LogP contribution < -0.4 is 4.90 Å². The standard InChI is InChI=1S/C57H39NO2/c1-57(2)48-21-11-9-18-43(48)44-33-32-42(34-49(44)57)58(41-30-28-39(29-31-41)37-16-7-4-8-17-37)50-22-13-20-45-47-35-52-54(46-19-10-12-23-51(46)59-52)53(56(47)60-55(45)50)40-26-24-38(25-27-40)36-14-5-3-6-15-36/h3-35H,1-2H3. The zero-order valence-electron chi connectivity index (χ0n) is 33.3. The minimum absolute atomic E-state index is 0.155. The fourth-order valence-corrected chi connectivity index (χ4v) is 9.72. The normalized spacial score (nSPS) is 13.0. The number of hydrogen-bond donors (Lipinski definition) is 0. The summed E-state index contributed by atoms with van der Waals surface area (Å²) < 4.78 is 14.0. The van der Waals surface area contributed by atoms with Gasteiger partial charge in [0.1, 0.15) is 16.7 Å². The molecule has 11 aromatic rings. The van der Waals surface area contributed by atoms with Gasteiger partial charge >= 0.3 is 0 Å². The van der Waals surface area contributed by atoms with Crippen LogP contribution in [0.3, 0.4) is 0 Å². The number of benzene rings is 9. The molecule has 2 aromatic heterocycles. The quantitative estimate of drug-likeness (QED) is 0.169. The van der Waals surface area contributed by atoms with Gasteiger partial charge in [-0.05, 0) is 92.5 Å². The Balaban J connectivity index is 1.10. The van der Waals surface area contributed by atoms with E-state index < -0.39 is 0 Å². The Bertz CT molecular complexity index is 3430. The third kappa shape index (κ3) is 5.22. The average Bonchev–Trinajstić information content (AvgIpc) is 3.94. The van der Waals surface area contributed by atoms with Crippen LogP contribution in [0.2, 0.25) is 0 Å². The Kier molecular flexibility index (Phi) is 7.58. The highest BCUT2D eigenvalue weighted by molar-refractivity contribution is 6.24. The van der Waals surface area contributed by atoms with Crippen molar-refractivity contribution in [3.63, 3.8) is 0 Å². The zero-order valence-corrected chi connectivity index (χ0v) is 33.3. The van der Waals surface area contributed by atoms with Crippen LogP contribution in [0, 0.1) is 0 Å². The van der Waals surface area contributed by atoms with E-state index in [1.165, 1.54) is 44.5 Å². The highest BCUT2D eigenvalue weighted by Gasteiger charge is 2.36. The van der Waals surface area contributed by atoms with Crippen LogP contribution in [0.15, 0.2) is 209 Å². The van der Waals surface area contributed by atoms with Crippen molar-refractivity contribution in [1.82, 2.24) is 0 Å². The topological polar surface area (TPSA) is 29.5 Å². The van der Waals surface area contributed by atoms with Crippen molar-refractivity contribution in [3.8, 4) is 44.5 Å². The molecule has 1 aliphatic carbocycles. The maximum Gasteiger partial charge on any atom is 0.159 e. The maximum atomic E-state index is 7.33. The summed E-state index contributed by atoms with van der Waals surface area (Å²) >= 11 is 0. The summed E-state index contributed by atoms with van der Waals surface area (Å²) in [5, 5.41) is 4.18. The van der Waals surface area contributed by atoms with Crippen molar-refractivity contribution < 1.29 is 8.83 Å². The van der Waals surface area contributed by atoms with Crippen LogP contribution in [0.25, 0.3) is 88.4 Å². The summed E-state index contributed by atoms with van der Waals surface area (Å²) in [6.45, 7) is 4.68. The van der Waals surface area contributed by atoms with E-state index in [1.54, 1.807) is 0 Å². The molecule has 0 N–H and O–H groups in total. The smallest absolute Gasteiger partial charge is 0.159 e. The first kappa shape index (κ1) is 34.4. The molecule has 60 heavy (non-hydrogen) atoms. The average molecular weight is 770 g/mol. The molecule has 0 spiro atoms. The summed E-state index contributed by atoms with van der Waals surface area (Å²) in [5.74, 6) is 0. The SMILES string of the molecule is CC1(C)c2ccccc2-c2ccc(N(c3ccc(-c4ccccc4)cc3)c3cccc4c3oc3c(-c5ccc(-c6ccccc6)cc5)c5c(cc34)oc3ccccc35)cc21. The molecule has 0 unspecified atom stereocenters. The van der Waals surface area contributed by atoms with Gasteiger partial charge in [-0.1, -0.05) is 172 Å². The van der Waals surface area contributed by atoms with Crippen LogP contribution in [0.1, 0.15) is 25.0 Å². The molecule has 0 radical (unpaired) electrons. The second-order valence-electron chi connectivity index (χ2n) is 16.4. The fourth-order valence-electron chi connectivity index (χ4n) is 9.72. The molecule has 3 heteroatoms. The molecule has 2 heterocycles. The highest BCUT2D eigenvalue weighted by Crippen LogP contribution is 2.52. The summed E-state index contributed by atoms with van der Waals surface area (Å²) in [5.41, 5.74) is 18.4. The zero-order chi connectivity index (χ0) is 40.0. The van der Waals surface area contributed by atoms with Gasteiger partial charge in [0.05, 0.1) is 5.69 Å². The molecule has 0 fully saturated rings. The van der Waals surface area contributed by atoms with Gasteiger partial charge in [0.25, 0.3) is 0 Å². The molecular weight excluding hydrogens is 731 g/mol. The number of anilines is 3. The fraction of sp³-hybridized carbons (Fsp3) is 0.0526. The minimum Gasteiger partial charge on any atom is -0.456 e. The number of furan rings is 2. The molecule has 12 rings (SSSR count). The Hall–Kier alpha value is -7.62. The second-order valence-corrected chi connectivity index (χ2v) is 16.4.